The Morgan fingerprint density at radius 3 is 2.13 bits per heavy atom. The summed E-state index contributed by atoms with van der Waals surface area (Å²) in [5, 5.41) is 0. The van der Waals surface area contributed by atoms with Crippen LogP contribution in [0.4, 0.5) is 13.2 Å². The first-order valence-corrected chi connectivity index (χ1v) is 8.78. The van der Waals surface area contributed by atoms with Gasteiger partial charge in [0.25, 0.3) is 0 Å². The molecule has 0 saturated heterocycles. The maximum absolute atomic E-state index is 13.1. The fourth-order valence-electron chi connectivity index (χ4n) is 2.68. The molecule has 0 aliphatic heterocycles. The van der Waals surface area contributed by atoms with E-state index in [4.69, 9.17) is 4.74 Å². The van der Waals surface area contributed by atoms with Crippen molar-refractivity contribution in [1.29, 1.82) is 0 Å². The first-order chi connectivity index (χ1) is 11.0. The molecule has 1 atom stereocenters. The van der Waals surface area contributed by atoms with Gasteiger partial charge in [-0.05, 0) is 31.4 Å². The summed E-state index contributed by atoms with van der Waals surface area (Å²) < 4.78 is 44.6. The van der Waals surface area contributed by atoms with Crippen LogP contribution in [0.25, 0.3) is 0 Å². The summed E-state index contributed by atoms with van der Waals surface area (Å²) in [5.41, 5.74) is 0. The summed E-state index contributed by atoms with van der Waals surface area (Å²) in [6.45, 7) is 2.48. The molecule has 0 N–H and O–H groups in total. The van der Waals surface area contributed by atoms with Gasteiger partial charge in [0, 0.05) is 0 Å². The third kappa shape index (κ3) is 9.52. The Kier molecular flexibility index (Phi) is 9.81. The Bertz CT molecular complexity index is 389. The number of hydrogen-bond donors (Lipinski definition) is 0. The van der Waals surface area contributed by atoms with Gasteiger partial charge in [0.1, 0.15) is 5.75 Å². The van der Waals surface area contributed by atoms with Gasteiger partial charge in [-0.25, -0.2) is 0 Å². The van der Waals surface area contributed by atoms with Crippen LogP contribution in [0.15, 0.2) is 30.3 Å². The average molecular weight is 330 g/mol. The molecule has 0 heterocycles. The van der Waals surface area contributed by atoms with Gasteiger partial charge in [0.15, 0.2) is 0 Å². The Morgan fingerprint density at radius 1 is 0.870 bits per heavy atom. The molecule has 23 heavy (non-hydrogen) atoms. The lowest BCUT2D eigenvalue weighted by molar-refractivity contribution is -0.179. The van der Waals surface area contributed by atoms with Gasteiger partial charge in [-0.3, -0.25) is 0 Å². The molecular weight excluding hydrogens is 301 g/mol. The van der Waals surface area contributed by atoms with Crippen LogP contribution in [-0.2, 0) is 0 Å². The van der Waals surface area contributed by atoms with Crippen molar-refractivity contribution in [2.24, 2.45) is 5.92 Å². The van der Waals surface area contributed by atoms with Crippen LogP contribution >= 0.6 is 0 Å². The lowest BCUT2D eigenvalue weighted by Crippen LogP contribution is -2.23. The van der Waals surface area contributed by atoms with E-state index >= 15 is 0 Å². The highest BCUT2D eigenvalue weighted by Gasteiger charge is 2.38. The monoisotopic (exact) mass is 330 g/mol. The number of halogens is 3. The average Bonchev–Trinajstić information content (AvgIpc) is 2.52. The second-order valence-electron chi connectivity index (χ2n) is 6.10. The molecule has 1 rings (SSSR count). The summed E-state index contributed by atoms with van der Waals surface area (Å²) in [6.07, 6.45) is 2.87. The van der Waals surface area contributed by atoms with Gasteiger partial charge in [0.2, 0.25) is 0 Å². The molecule has 1 unspecified atom stereocenters. The van der Waals surface area contributed by atoms with Crippen LogP contribution in [-0.4, -0.2) is 12.8 Å². The molecule has 1 aromatic carbocycles. The summed E-state index contributed by atoms with van der Waals surface area (Å²) >= 11 is 0. The van der Waals surface area contributed by atoms with Crippen molar-refractivity contribution < 1.29 is 17.9 Å². The summed E-state index contributed by atoms with van der Waals surface area (Å²) in [5.74, 6) is -0.472. The Balaban J connectivity index is 2.21. The quantitative estimate of drug-likeness (QED) is 0.384. The van der Waals surface area contributed by atoms with Crippen molar-refractivity contribution in [2.75, 3.05) is 6.61 Å². The zero-order valence-electron chi connectivity index (χ0n) is 14.1. The van der Waals surface area contributed by atoms with E-state index in [2.05, 4.69) is 6.92 Å². The minimum absolute atomic E-state index is 0.158. The van der Waals surface area contributed by atoms with Crippen molar-refractivity contribution in [2.45, 2.75) is 70.9 Å². The number of hydrogen-bond acceptors (Lipinski definition) is 1. The summed E-state index contributed by atoms with van der Waals surface area (Å²) in [7, 11) is 0. The van der Waals surface area contributed by atoms with Gasteiger partial charge in [-0.2, -0.15) is 13.2 Å². The molecule has 0 amide bonds. The van der Waals surface area contributed by atoms with E-state index in [1.807, 2.05) is 30.3 Å². The molecule has 1 nitrogen and oxygen atoms in total. The third-order valence-corrected chi connectivity index (χ3v) is 4.08. The zero-order chi connectivity index (χ0) is 17.0. The number of unbranched alkanes of at least 4 members (excludes halogenated alkanes) is 5. The second kappa shape index (κ2) is 11.4. The molecule has 1 aromatic rings. The van der Waals surface area contributed by atoms with E-state index in [1.54, 1.807) is 0 Å². The maximum Gasteiger partial charge on any atom is 0.391 e. The zero-order valence-corrected chi connectivity index (χ0v) is 14.1. The van der Waals surface area contributed by atoms with Gasteiger partial charge >= 0.3 is 6.18 Å². The normalized spacial score (nSPS) is 13.0. The molecule has 0 radical (unpaired) electrons. The van der Waals surface area contributed by atoms with Crippen molar-refractivity contribution in [1.82, 2.24) is 0 Å². The minimum Gasteiger partial charge on any atom is -0.494 e. The Labute approximate surface area is 138 Å². The third-order valence-electron chi connectivity index (χ3n) is 4.08. The highest BCUT2D eigenvalue weighted by molar-refractivity contribution is 5.20. The van der Waals surface area contributed by atoms with Crippen molar-refractivity contribution in [3.05, 3.63) is 30.3 Å². The maximum atomic E-state index is 13.1. The van der Waals surface area contributed by atoms with E-state index in [9.17, 15) is 13.2 Å². The standard InChI is InChI=1S/C19H29F3O/c1-2-3-4-5-6-8-12-17(19(20,21)22)13-11-16-23-18-14-9-7-10-15-18/h7,9-10,14-15,17H,2-6,8,11-13,16H2,1H3. The van der Waals surface area contributed by atoms with Gasteiger partial charge in [-0.15, -0.1) is 0 Å². The lowest BCUT2D eigenvalue weighted by Gasteiger charge is -2.20. The summed E-state index contributed by atoms with van der Waals surface area (Å²) in [4.78, 5) is 0. The second-order valence-corrected chi connectivity index (χ2v) is 6.10. The number of benzene rings is 1. The predicted octanol–water partition coefficient (Wildman–Crippen LogP) is 6.77. The van der Waals surface area contributed by atoms with Crippen molar-refractivity contribution >= 4 is 0 Å². The van der Waals surface area contributed by atoms with Crippen LogP contribution in [0.2, 0.25) is 0 Å². The molecular formula is C19H29F3O. The van der Waals surface area contributed by atoms with Gasteiger partial charge < -0.3 is 4.74 Å². The van der Waals surface area contributed by atoms with Crippen LogP contribution in [0.1, 0.15) is 64.7 Å². The number of para-hydroxylation sites is 1. The fourth-order valence-corrected chi connectivity index (χ4v) is 2.68. The SMILES string of the molecule is CCCCCCCCC(CCCOc1ccccc1)C(F)(F)F. The number of ether oxygens (including phenoxy) is 1. The molecule has 0 fully saturated rings. The number of rotatable bonds is 12. The molecule has 4 heteroatoms. The predicted molar refractivity (Wildman–Crippen MR) is 88.7 cm³/mol. The topological polar surface area (TPSA) is 9.23 Å². The van der Waals surface area contributed by atoms with E-state index in [-0.39, 0.29) is 12.8 Å². The van der Waals surface area contributed by atoms with Crippen LogP contribution in [0, 0.1) is 5.92 Å². The first kappa shape index (κ1) is 19.9. The van der Waals surface area contributed by atoms with E-state index in [0.717, 1.165) is 25.7 Å². The molecule has 0 bridgehead atoms. The number of alkyl halides is 3. The van der Waals surface area contributed by atoms with E-state index in [0.29, 0.717) is 25.2 Å². The van der Waals surface area contributed by atoms with Gasteiger partial charge in [-0.1, -0.05) is 63.6 Å². The van der Waals surface area contributed by atoms with E-state index < -0.39 is 12.1 Å². The van der Waals surface area contributed by atoms with Crippen LogP contribution < -0.4 is 4.74 Å². The molecule has 0 aromatic heterocycles. The lowest BCUT2D eigenvalue weighted by atomic mass is 9.95. The van der Waals surface area contributed by atoms with Crippen molar-refractivity contribution in [3.8, 4) is 5.75 Å². The summed E-state index contributed by atoms with van der Waals surface area (Å²) in [6, 6.07) is 9.22. The van der Waals surface area contributed by atoms with Crippen molar-refractivity contribution in [3.63, 3.8) is 0 Å². The molecule has 0 aliphatic carbocycles. The first-order valence-electron chi connectivity index (χ1n) is 8.78. The highest BCUT2D eigenvalue weighted by Crippen LogP contribution is 2.34. The molecule has 0 saturated carbocycles. The Hall–Kier alpha value is -1.19. The van der Waals surface area contributed by atoms with Crippen LogP contribution in [0.5, 0.6) is 5.75 Å². The molecule has 0 spiro atoms. The minimum atomic E-state index is -4.09. The van der Waals surface area contributed by atoms with Gasteiger partial charge in [0.05, 0.1) is 12.5 Å². The van der Waals surface area contributed by atoms with E-state index in [1.165, 1.54) is 6.42 Å². The highest BCUT2D eigenvalue weighted by atomic mass is 19.4. The molecule has 132 valence electrons. The van der Waals surface area contributed by atoms with Crippen LogP contribution in [0.3, 0.4) is 0 Å². The molecule has 0 aliphatic rings. The largest absolute Gasteiger partial charge is 0.494 e. The Morgan fingerprint density at radius 2 is 1.48 bits per heavy atom. The smallest absolute Gasteiger partial charge is 0.391 e. The fraction of sp³-hybridized carbons (Fsp3) is 0.684.